The van der Waals surface area contributed by atoms with E-state index in [2.05, 4.69) is 5.10 Å². The van der Waals surface area contributed by atoms with E-state index in [9.17, 15) is 13.2 Å². The van der Waals surface area contributed by atoms with Crippen molar-refractivity contribution in [1.82, 2.24) is 9.78 Å². The molecule has 0 bridgehead atoms. The maximum absolute atomic E-state index is 12.2. The SMILES string of the molecule is CCOC(=O)c1cc(-c2cc3ccccc3s2)n(-c2ccc(S(N)(=O)=O)cc2)n1. The molecular formula is C20H17N3O4S2. The zero-order chi connectivity index (χ0) is 20.6. The van der Waals surface area contributed by atoms with E-state index in [1.54, 1.807) is 41.1 Å². The van der Waals surface area contributed by atoms with Gasteiger partial charge < -0.3 is 4.74 Å². The Kier molecular flexibility index (Phi) is 4.95. The van der Waals surface area contributed by atoms with Gasteiger partial charge >= 0.3 is 5.97 Å². The van der Waals surface area contributed by atoms with Gasteiger partial charge in [-0.2, -0.15) is 5.10 Å². The fourth-order valence-electron chi connectivity index (χ4n) is 2.94. The van der Waals surface area contributed by atoms with Gasteiger partial charge in [-0.15, -0.1) is 11.3 Å². The van der Waals surface area contributed by atoms with Crippen LogP contribution in [0.15, 0.2) is 65.6 Å². The maximum atomic E-state index is 12.2. The first-order chi connectivity index (χ1) is 13.9. The minimum atomic E-state index is -3.80. The fraction of sp³-hybridized carbons (Fsp3) is 0.100. The lowest BCUT2D eigenvalue weighted by Crippen LogP contribution is -2.12. The predicted molar refractivity (Wildman–Crippen MR) is 112 cm³/mol. The van der Waals surface area contributed by atoms with Crippen LogP contribution in [0.4, 0.5) is 0 Å². The van der Waals surface area contributed by atoms with Crippen molar-refractivity contribution in [3.8, 4) is 16.3 Å². The number of primary sulfonamides is 1. The van der Waals surface area contributed by atoms with Crippen LogP contribution in [-0.2, 0) is 14.8 Å². The lowest BCUT2D eigenvalue weighted by Gasteiger charge is -2.07. The maximum Gasteiger partial charge on any atom is 0.358 e. The van der Waals surface area contributed by atoms with Gasteiger partial charge in [0.25, 0.3) is 0 Å². The molecule has 148 valence electrons. The van der Waals surface area contributed by atoms with E-state index in [4.69, 9.17) is 9.88 Å². The number of sulfonamides is 1. The van der Waals surface area contributed by atoms with Crippen molar-refractivity contribution in [2.45, 2.75) is 11.8 Å². The Hall–Kier alpha value is -3.01. The number of nitrogens with zero attached hydrogens (tertiary/aromatic N) is 2. The van der Waals surface area contributed by atoms with Gasteiger partial charge in [0.2, 0.25) is 10.0 Å². The minimum Gasteiger partial charge on any atom is -0.461 e. The molecule has 2 N–H and O–H groups in total. The second-order valence-electron chi connectivity index (χ2n) is 6.23. The molecule has 29 heavy (non-hydrogen) atoms. The normalized spacial score (nSPS) is 11.7. The highest BCUT2D eigenvalue weighted by molar-refractivity contribution is 7.89. The van der Waals surface area contributed by atoms with Crippen LogP contribution in [0.1, 0.15) is 17.4 Å². The number of esters is 1. The molecule has 0 aliphatic carbocycles. The van der Waals surface area contributed by atoms with Crippen molar-refractivity contribution < 1.29 is 17.9 Å². The zero-order valence-electron chi connectivity index (χ0n) is 15.4. The monoisotopic (exact) mass is 427 g/mol. The Morgan fingerprint density at radius 3 is 2.52 bits per heavy atom. The van der Waals surface area contributed by atoms with E-state index in [1.807, 2.05) is 30.3 Å². The van der Waals surface area contributed by atoms with Crippen molar-refractivity contribution in [3.63, 3.8) is 0 Å². The lowest BCUT2D eigenvalue weighted by molar-refractivity contribution is 0.0519. The summed E-state index contributed by atoms with van der Waals surface area (Å²) in [5, 5.41) is 10.7. The molecule has 7 nitrogen and oxygen atoms in total. The summed E-state index contributed by atoms with van der Waals surface area (Å²) in [7, 11) is -3.80. The first kappa shape index (κ1) is 19.3. The molecule has 0 amide bonds. The summed E-state index contributed by atoms with van der Waals surface area (Å²) in [5.74, 6) is -0.519. The first-order valence-corrected chi connectivity index (χ1v) is 11.1. The largest absolute Gasteiger partial charge is 0.461 e. The summed E-state index contributed by atoms with van der Waals surface area (Å²) < 4.78 is 30.9. The molecule has 2 heterocycles. The molecule has 2 aromatic heterocycles. The van der Waals surface area contributed by atoms with E-state index >= 15 is 0 Å². The topological polar surface area (TPSA) is 104 Å². The second kappa shape index (κ2) is 7.43. The average molecular weight is 428 g/mol. The van der Waals surface area contributed by atoms with Gasteiger partial charge in [-0.1, -0.05) is 18.2 Å². The molecule has 0 unspecified atom stereocenters. The third-order valence-electron chi connectivity index (χ3n) is 4.28. The first-order valence-electron chi connectivity index (χ1n) is 8.76. The molecule has 0 atom stereocenters. The third-order valence-corrected chi connectivity index (χ3v) is 6.35. The number of thiophene rings is 1. The highest BCUT2D eigenvalue weighted by atomic mass is 32.2. The summed E-state index contributed by atoms with van der Waals surface area (Å²) in [5.41, 5.74) is 1.48. The van der Waals surface area contributed by atoms with Crippen LogP contribution in [0.3, 0.4) is 0 Å². The smallest absolute Gasteiger partial charge is 0.358 e. The standard InChI is InChI=1S/C20H17N3O4S2/c1-2-27-20(24)16-12-17(19-11-13-5-3-4-6-18(13)28-19)23(22-16)14-7-9-15(10-8-14)29(21,25)26/h3-12H,2H2,1H3,(H2,21,25,26). The van der Waals surface area contributed by atoms with Gasteiger partial charge in [0.15, 0.2) is 5.69 Å². The fourth-order valence-corrected chi connectivity index (χ4v) is 4.52. The number of fused-ring (bicyclic) bond motifs is 1. The number of aromatic nitrogens is 2. The molecule has 0 aliphatic rings. The zero-order valence-corrected chi connectivity index (χ0v) is 17.0. The minimum absolute atomic E-state index is 0.00225. The highest BCUT2D eigenvalue weighted by Crippen LogP contribution is 2.35. The van der Waals surface area contributed by atoms with E-state index < -0.39 is 16.0 Å². The number of nitrogens with two attached hydrogens (primary N) is 1. The number of hydrogen-bond donors (Lipinski definition) is 1. The van der Waals surface area contributed by atoms with Crippen LogP contribution < -0.4 is 5.14 Å². The van der Waals surface area contributed by atoms with Gasteiger partial charge in [-0.3, -0.25) is 0 Å². The second-order valence-corrected chi connectivity index (χ2v) is 8.88. The summed E-state index contributed by atoms with van der Waals surface area (Å²) in [4.78, 5) is 13.2. The van der Waals surface area contributed by atoms with Crippen molar-refractivity contribution in [2.24, 2.45) is 5.14 Å². The van der Waals surface area contributed by atoms with Crippen molar-refractivity contribution in [3.05, 3.63) is 66.4 Å². The molecule has 2 aromatic carbocycles. The predicted octanol–water partition coefficient (Wildman–Crippen LogP) is 3.58. The van der Waals surface area contributed by atoms with Crippen LogP contribution >= 0.6 is 11.3 Å². The van der Waals surface area contributed by atoms with Gasteiger partial charge in [-0.05, 0) is 48.7 Å². The van der Waals surface area contributed by atoms with Crippen LogP contribution in [0.25, 0.3) is 26.3 Å². The number of carbonyl (C=O) groups excluding carboxylic acids is 1. The molecule has 4 rings (SSSR count). The van der Waals surface area contributed by atoms with Crippen molar-refractivity contribution in [2.75, 3.05) is 6.61 Å². The summed E-state index contributed by atoms with van der Waals surface area (Å²) in [6.45, 7) is 1.97. The quantitative estimate of drug-likeness (QED) is 0.490. The summed E-state index contributed by atoms with van der Waals surface area (Å²) >= 11 is 1.58. The molecule has 0 fully saturated rings. The van der Waals surface area contributed by atoms with Gasteiger partial charge in [0.1, 0.15) is 0 Å². The van der Waals surface area contributed by atoms with Crippen molar-refractivity contribution in [1.29, 1.82) is 0 Å². The van der Waals surface area contributed by atoms with Crippen LogP contribution in [0.2, 0.25) is 0 Å². The number of rotatable bonds is 5. The van der Waals surface area contributed by atoms with E-state index in [1.165, 1.54) is 12.1 Å². The van der Waals surface area contributed by atoms with E-state index in [-0.39, 0.29) is 17.2 Å². The van der Waals surface area contributed by atoms with E-state index in [0.717, 1.165) is 15.0 Å². The molecule has 0 saturated carbocycles. The number of carbonyl (C=O) groups is 1. The Morgan fingerprint density at radius 1 is 1.14 bits per heavy atom. The Morgan fingerprint density at radius 2 is 1.86 bits per heavy atom. The Labute approximate surface area is 171 Å². The average Bonchev–Trinajstić information content (AvgIpc) is 3.32. The molecule has 0 radical (unpaired) electrons. The van der Waals surface area contributed by atoms with Crippen LogP contribution in [-0.4, -0.2) is 30.8 Å². The third kappa shape index (κ3) is 3.80. The van der Waals surface area contributed by atoms with Gasteiger partial charge in [0.05, 0.1) is 27.8 Å². The van der Waals surface area contributed by atoms with Gasteiger partial charge in [0, 0.05) is 10.8 Å². The molecule has 0 spiro atoms. The molecule has 0 saturated heterocycles. The van der Waals surface area contributed by atoms with E-state index in [0.29, 0.717) is 11.4 Å². The Bertz CT molecular complexity index is 1270. The molecule has 9 heteroatoms. The molecular weight excluding hydrogens is 410 g/mol. The highest BCUT2D eigenvalue weighted by Gasteiger charge is 2.19. The number of ether oxygens (including phenoxy) is 1. The lowest BCUT2D eigenvalue weighted by atomic mass is 10.2. The van der Waals surface area contributed by atoms with Crippen LogP contribution in [0.5, 0.6) is 0 Å². The van der Waals surface area contributed by atoms with Gasteiger partial charge in [-0.25, -0.2) is 23.0 Å². The summed E-state index contributed by atoms with van der Waals surface area (Å²) in [6.07, 6.45) is 0. The number of hydrogen-bond acceptors (Lipinski definition) is 6. The molecule has 0 aliphatic heterocycles. The van der Waals surface area contributed by atoms with Crippen molar-refractivity contribution >= 4 is 37.4 Å². The summed E-state index contributed by atoms with van der Waals surface area (Å²) in [6, 6.07) is 17.7. The van der Waals surface area contributed by atoms with Crippen LogP contribution in [0, 0.1) is 0 Å². The Balaban J connectivity index is 1.86. The molecule has 4 aromatic rings. The number of benzene rings is 2.